The van der Waals surface area contributed by atoms with E-state index in [1.807, 2.05) is 38.1 Å². The Morgan fingerprint density at radius 2 is 1.39 bits per heavy atom. The van der Waals surface area contributed by atoms with Gasteiger partial charge in [0, 0.05) is 28.5 Å². The minimum absolute atomic E-state index is 0.183. The second-order valence-electron chi connectivity index (χ2n) is 7.34. The number of hydrogen-bond acceptors (Lipinski definition) is 5. The minimum atomic E-state index is -0.608. The van der Waals surface area contributed by atoms with Crippen LogP contribution < -0.4 is 0 Å². The molecule has 0 saturated heterocycles. The Balaban J connectivity index is 1.72. The van der Waals surface area contributed by atoms with Crippen molar-refractivity contribution in [2.45, 2.75) is 34.6 Å². The number of aromatic nitrogens is 2. The van der Waals surface area contributed by atoms with E-state index in [-0.39, 0.29) is 17.7 Å². The van der Waals surface area contributed by atoms with Crippen molar-refractivity contribution in [3.63, 3.8) is 0 Å². The fourth-order valence-electron chi connectivity index (χ4n) is 3.70. The first-order valence-corrected chi connectivity index (χ1v) is 10.1. The van der Waals surface area contributed by atoms with Gasteiger partial charge in [-0.3, -0.25) is 4.79 Å². The molecule has 0 bridgehead atoms. The first-order valence-electron chi connectivity index (χ1n) is 10.1. The molecule has 3 rings (SSSR count). The van der Waals surface area contributed by atoms with Gasteiger partial charge in [-0.2, -0.15) is 0 Å². The minimum Gasteiger partial charge on any atom is -0.462 e. The number of ether oxygens (including phenoxy) is 2. The lowest BCUT2D eigenvalue weighted by Crippen LogP contribution is -2.18. The summed E-state index contributed by atoms with van der Waals surface area (Å²) in [6.45, 7) is 8.82. The lowest BCUT2D eigenvalue weighted by atomic mass is 10.1. The maximum Gasteiger partial charge on any atom is 0.340 e. The van der Waals surface area contributed by atoms with Crippen LogP contribution in [0.2, 0.25) is 0 Å². The lowest BCUT2D eigenvalue weighted by molar-refractivity contribution is 0.0472. The predicted octanol–water partition coefficient (Wildman–Crippen LogP) is 4.26. The van der Waals surface area contributed by atoms with Crippen LogP contribution in [-0.4, -0.2) is 40.5 Å². The number of aryl methyl sites for hydroxylation is 4. The van der Waals surface area contributed by atoms with Crippen LogP contribution in [0.3, 0.4) is 0 Å². The fraction of sp³-hybridized carbons (Fsp3) is 0.292. The molecule has 31 heavy (non-hydrogen) atoms. The zero-order valence-corrected chi connectivity index (χ0v) is 18.4. The maximum atomic E-state index is 12.7. The standard InChI is InChI=1S/C24H26N2O5/c1-6-30-24(29)22-17(5)25-16(4)21(22)20(27)13-31-23(28)18-9-11-19(12-10-18)26-14(2)7-8-15(26)3/h7-12,25H,6,13H2,1-5H3. The summed E-state index contributed by atoms with van der Waals surface area (Å²) in [5, 5.41) is 0. The van der Waals surface area contributed by atoms with Crippen molar-refractivity contribution >= 4 is 17.7 Å². The summed E-state index contributed by atoms with van der Waals surface area (Å²) >= 11 is 0. The molecule has 3 aromatic rings. The van der Waals surface area contributed by atoms with Crippen LogP contribution in [0, 0.1) is 27.7 Å². The van der Waals surface area contributed by atoms with Crippen LogP contribution in [0.4, 0.5) is 0 Å². The molecule has 0 spiro atoms. The number of carbonyl (C=O) groups excluding carboxylic acids is 3. The highest BCUT2D eigenvalue weighted by atomic mass is 16.5. The normalized spacial score (nSPS) is 10.7. The van der Waals surface area contributed by atoms with Crippen molar-refractivity contribution < 1.29 is 23.9 Å². The number of H-pyrrole nitrogens is 1. The number of rotatable bonds is 7. The third-order valence-electron chi connectivity index (χ3n) is 5.10. The van der Waals surface area contributed by atoms with Crippen LogP contribution in [0.25, 0.3) is 5.69 Å². The van der Waals surface area contributed by atoms with Crippen LogP contribution in [0.5, 0.6) is 0 Å². The summed E-state index contributed by atoms with van der Waals surface area (Å²) in [6, 6.07) is 11.0. The number of aromatic amines is 1. The van der Waals surface area contributed by atoms with E-state index in [0.717, 1.165) is 17.1 Å². The fourth-order valence-corrected chi connectivity index (χ4v) is 3.70. The number of benzene rings is 1. The third kappa shape index (κ3) is 4.45. The lowest BCUT2D eigenvalue weighted by Gasteiger charge is -2.10. The molecular weight excluding hydrogens is 396 g/mol. The monoisotopic (exact) mass is 422 g/mol. The molecule has 0 amide bonds. The van der Waals surface area contributed by atoms with Gasteiger partial charge < -0.3 is 19.0 Å². The first kappa shape index (κ1) is 22.1. The Morgan fingerprint density at radius 3 is 1.97 bits per heavy atom. The Bertz CT molecular complexity index is 1120. The molecule has 2 heterocycles. The van der Waals surface area contributed by atoms with Gasteiger partial charge in [0.05, 0.1) is 23.3 Å². The summed E-state index contributed by atoms with van der Waals surface area (Å²) in [5.74, 6) is -1.65. The number of nitrogens with zero attached hydrogens (tertiary/aromatic N) is 1. The summed E-state index contributed by atoms with van der Waals surface area (Å²) in [6.07, 6.45) is 0. The Kier molecular flexibility index (Phi) is 6.44. The predicted molar refractivity (Wildman–Crippen MR) is 116 cm³/mol. The SMILES string of the molecule is CCOC(=O)c1c(C)[nH]c(C)c1C(=O)COC(=O)c1ccc(-n2c(C)ccc2C)cc1. The van der Waals surface area contributed by atoms with Crippen molar-refractivity contribution in [3.05, 3.63) is 75.9 Å². The van der Waals surface area contributed by atoms with Crippen LogP contribution in [-0.2, 0) is 9.47 Å². The molecule has 0 aliphatic heterocycles. The molecule has 0 atom stereocenters. The highest BCUT2D eigenvalue weighted by Gasteiger charge is 2.26. The number of hydrogen-bond donors (Lipinski definition) is 1. The molecule has 1 N–H and O–H groups in total. The van der Waals surface area contributed by atoms with Gasteiger partial charge in [0.25, 0.3) is 0 Å². The first-order chi connectivity index (χ1) is 14.7. The van der Waals surface area contributed by atoms with E-state index in [9.17, 15) is 14.4 Å². The van der Waals surface area contributed by atoms with E-state index < -0.39 is 24.3 Å². The third-order valence-corrected chi connectivity index (χ3v) is 5.10. The van der Waals surface area contributed by atoms with Crippen LogP contribution >= 0.6 is 0 Å². The molecule has 0 unspecified atom stereocenters. The molecular formula is C24H26N2O5. The van der Waals surface area contributed by atoms with Crippen molar-refractivity contribution in [1.82, 2.24) is 9.55 Å². The molecule has 0 radical (unpaired) electrons. The number of nitrogens with one attached hydrogen (secondary N) is 1. The highest BCUT2D eigenvalue weighted by molar-refractivity contribution is 6.09. The highest BCUT2D eigenvalue weighted by Crippen LogP contribution is 2.21. The van der Waals surface area contributed by atoms with Gasteiger partial charge in [-0.15, -0.1) is 0 Å². The quantitative estimate of drug-likeness (QED) is 0.454. The number of carbonyl (C=O) groups is 3. The molecule has 162 valence electrons. The second-order valence-corrected chi connectivity index (χ2v) is 7.34. The summed E-state index contributed by atoms with van der Waals surface area (Å²) in [4.78, 5) is 40.4. The molecule has 7 nitrogen and oxygen atoms in total. The van der Waals surface area contributed by atoms with Gasteiger partial charge in [0.2, 0.25) is 5.78 Å². The molecule has 0 saturated carbocycles. The van der Waals surface area contributed by atoms with Crippen LogP contribution in [0.1, 0.15) is 60.8 Å². The summed E-state index contributed by atoms with van der Waals surface area (Å²) in [7, 11) is 0. The van der Waals surface area contributed by atoms with E-state index >= 15 is 0 Å². The molecule has 7 heteroatoms. The van der Waals surface area contributed by atoms with Gasteiger partial charge in [0.15, 0.2) is 6.61 Å². The Morgan fingerprint density at radius 1 is 0.806 bits per heavy atom. The van der Waals surface area contributed by atoms with Crippen molar-refractivity contribution in [2.24, 2.45) is 0 Å². The molecule has 0 aliphatic carbocycles. The van der Waals surface area contributed by atoms with E-state index in [0.29, 0.717) is 17.0 Å². The number of ketones is 1. The largest absolute Gasteiger partial charge is 0.462 e. The number of Topliss-reactive ketones (excluding diaryl/α,β-unsaturated/α-hetero) is 1. The van der Waals surface area contributed by atoms with E-state index in [2.05, 4.69) is 9.55 Å². The van der Waals surface area contributed by atoms with Gasteiger partial charge in [0.1, 0.15) is 0 Å². The summed E-state index contributed by atoms with van der Waals surface area (Å²) < 4.78 is 12.3. The summed E-state index contributed by atoms with van der Waals surface area (Å²) in [5.41, 5.74) is 4.90. The zero-order valence-electron chi connectivity index (χ0n) is 18.4. The van der Waals surface area contributed by atoms with E-state index in [1.165, 1.54) is 0 Å². The molecule has 0 fully saturated rings. The second kappa shape index (κ2) is 9.04. The maximum absolute atomic E-state index is 12.7. The van der Waals surface area contributed by atoms with Crippen molar-refractivity contribution in [1.29, 1.82) is 0 Å². The molecule has 2 aromatic heterocycles. The molecule has 1 aromatic carbocycles. The van der Waals surface area contributed by atoms with Crippen LogP contribution in [0.15, 0.2) is 36.4 Å². The van der Waals surface area contributed by atoms with E-state index in [4.69, 9.17) is 9.47 Å². The van der Waals surface area contributed by atoms with Crippen molar-refractivity contribution in [3.8, 4) is 5.69 Å². The molecule has 0 aliphatic rings. The van der Waals surface area contributed by atoms with Gasteiger partial charge >= 0.3 is 11.9 Å². The topological polar surface area (TPSA) is 90.4 Å². The zero-order chi connectivity index (χ0) is 22.7. The average Bonchev–Trinajstić information content (AvgIpc) is 3.23. The number of esters is 2. The smallest absolute Gasteiger partial charge is 0.340 e. The van der Waals surface area contributed by atoms with Gasteiger partial charge in [-0.25, -0.2) is 9.59 Å². The average molecular weight is 422 g/mol. The Labute approximate surface area is 181 Å². The van der Waals surface area contributed by atoms with Crippen molar-refractivity contribution in [2.75, 3.05) is 13.2 Å². The van der Waals surface area contributed by atoms with Gasteiger partial charge in [-0.1, -0.05) is 0 Å². The van der Waals surface area contributed by atoms with Gasteiger partial charge in [-0.05, 0) is 71.0 Å². The van der Waals surface area contributed by atoms with E-state index in [1.54, 1.807) is 32.9 Å². The Hall–Kier alpha value is -3.61.